The van der Waals surface area contributed by atoms with Gasteiger partial charge < -0.3 is 10.3 Å². The molecule has 2 aromatic heterocycles. The molecule has 1 aliphatic rings. The summed E-state index contributed by atoms with van der Waals surface area (Å²) < 4.78 is 9.43. The summed E-state index contributed by atoms with van der Waals surface area (Å²) in [4.78, 5) is 5.35. The first-order valence-corrected chi connectivity index (χ1v) is 7.64. The van der Waals surface area contributed by atoms with E-state index in [0.29, 0.717) is 11.7 Å². The van der Waals surface area contributed by atoms with Gasteiger partial charge in [0.2, 0.25) is 0 Å². The molecule has 0 unspecified atom stereocenters. The Kier molecular flexibility index (Phi) is 4.37. The van der Waals surface area contributed by atoms with E-state index in [1.165, 1.54) is 11.5 Å². The van der Waals surface area contributed by atoms with Crippen LogP contribution in [-0.4, -0.2) is 19.7 Å². The van der Waals surface area contributed by atoms with E-state index < -0.39 is 5.54 Å². The lowest BCUT2D eigenvalue weighted by atomic mass is 9.91. The Hall–Kier alpha value is -1.05. The third-order valence-electron chi connectivity index (χ3n) is 3.76. The molecule has 116 valence electrons. The molecule has 2 N–H and O–H groups in total. The zero-order valence-electron chi connectivity index (χ0n) is 12.4. The van der Waals surface area contributed by atoms with E-state index in [2.05, 4.69) is 40.5 Å². The summed E-state index contributed by atoms with van der Waals surface area (Å²) in [5, 5.41) is 8.29. The smallest absolute Gasteiger partial charge is 0.271 e. The van der Waals surface area contributed by atoms with Crippen molar-refractivity contribution in [2.45, 2.75) is 57.4 Å². The topological polar surface area (TPSA) is 90.7 Å². The summed E-state index contributed by atoms with van der Waals surface area (Å²) in [5.74, 6) is 1.09. The van der Waals surface area contributed by atoms with Gasteiger partial charge >= 0.3 is 0 Å². The summed E-state index contributed by atoms with van der Waals surface area (Å²) in [7, 11) is 0. The molecule has 0 aromatic carbocycles. The SMILES string of the molecule is CC(C)(C)c1nnsc1-c1nc(C2(N)CCCC2)no1.Cl. The van der Waals surface area contributed by atoms with Gasteiger partial charge in [0.05, 0.1) is 11.2 Å². The van der Waals surface area contributed by atoms with E-state index in [9.17, 15) is 0 Å². The summed E-state index contributed by atoms with van der Waals surface area (Å²) in [5.41, 5.74) is 6.71. The Morgan fingerprint density at radius 1 is 1.24 bits per heavy atom. The molecule has 0 amide bonds. The van der Waals surface area contributed by atoms with Gasteiger partial charge in [-0.2, -0.15) is 4.98 Å². The Morgan fingerprint density at radius 3 is 2.52 bits per heavy atom. The molecule has 1 aliphatic carbocycles. The van der Waals surface area contributed by atoms with Crippen LogP contribution < -0.4 is 5.73 Å². The van der Waals surface area contributed by atoms with Gasteiger partial charge in [-0.05, 0) is 24.4 Å². The highest BCUT2D eigenvalue weighted by molar-refractivity contribution is 7.09. The Bertz CT molecular complexity index is 612. The molecule has 2 aromatic rings. The van der Waals surface area contributed by atoms with Gasteiger partial charge in [0.25, 0.3) is 5.89 Å². The number of hydrogen-bond donors (Lipinski definition) is 1. The number of aromatic nitrogens is 4. The third kappa shape index (κ3) is 2.95. The van der Waals surface area contributed by atoms with Crippen molar-refractivity contribution in [2.24, 2.45) is 5.73 Å². The highest BCUT2D eigenvalue weighted by Gasteiger charge is 2.37. The van der Waals surface area contributed by atoms with Crippen LogP contribution in [0.15, 0.2) is 4.52 Å². The Labute approximate surface area is 134 Å². The molecule has 0 radical (unpaired) electrons. The first-order chi connectivity index (χ1) is 9.40. The van der Waals surface area contributed by atoms with E-state index in [1.807, 2.05) is 0 Å². The van der Waals surface area contributed by atoms with Crippen molar-refractivity contribution in [2.75, 3.05) is 0 Å². The second-order valence-corrected chi connectivity index (χ2v) is 7.24. The first-order valence-electron chi connectivity index (χ1n) is 6.86. The highest BCUT2D eigenvalue weighted by atomic mass is 35.5. The van der Waals surface area contributed by atoms with Crippen LogP contribution in [-0.2, 0) is 11.0 Å². The quantitative estimate of drug-likeness (QED) is 0.910. The van der Waals surface area contributed by atoms with Crippen LogP contribution in [0.4, 0.5) is 0 Å². The van der Waals surface area contributed by atoms with Crippen molar-refractivity contribution in [3.63, 3.8) is 0 Å². The molecule has 2 heterocycles. The lowest BCUT2D eigenvalue weighted by Gasteiger charge is -2.17. The molecule has 0 spiro atoms. The van der Waals surface area contributed by atoms with Gasteiger partial charge in [-0.3, -0.25) is 0 Å². The van der Waals surface area contributed by atoms with E-state index in [-0.39, 0.29) is 17.8 Å². The molecule has 0 atom stereocenters. The molecular weight excluding hydrogens is 310 g/mol. The van der Waals surface area contributed by atoms with Gasteiger partial charge in [0, 0.05) is 5.41 Å². The average Bonchev–Trinajstić information content (AvgIpc) is 3.07. The van der Waals surface area contributed by atoms with Crippen LogP contribution in [0.25, 0.3) is 10.8 Å². The van der Waals surface area contributed by atoms with Crippen molar-refractivity contribution in [3.8, 4) is 10.8 Å². The summed E-state index contributed by atoms with van der Waals surface area (Å²) in [6, 6.07) is 0. The van der Waals surface area contributed by atoms with Crippen molar-refractivity contribution in [1.82, 2.24) is 19.7 Å². The molecule has 0 saturated heterocycles. The van der Waals surface area contributed by atoms with Gasteiger partial charge in [-0.1, -0.05) is 43.3 Å². The minimum Gasteiger partial charge on any atom is -0.333 e. The molecule has 1 saturated carbocycles. The van der Waals surface area contributed by atoms with Gasteiger partial charge in [-0.15, -0.1) is 17.5 Å². The molecule has 0 bridgehead atoms. The minimum absolute atomic E-state index is 0. The monoisotopic (exact) mass is 329 g/mol. The van der Waals surface area contributed by atoms with E-state index in [1.54, 1.807) is 0 Å². The lowest BCUT2D eigenvalue weighted by Crippen LogP contribution is -2.34. The van der Waals surface area contributed by atoms with E-state index in [0.717, 1.165) is 36.3 Å². The molecule has 0 aliphatic heterocycles. The normalized spacial score (nSPS) is 17.7. The standard InChI is InChI=1S/C13H19N5OS.ClH/c1-12(2,3)9-8(20-18-16-9)10-15-11(17-19-10)13(14)6-4-5-7-13;/h4-7,14H2,1-3H3;1H. The average molecular weight is 330 g/mol. The minimum atomic E-state index is -0.429. The number of halogens is 1. The number of nitrogens with two attached hydrogens (primary N) is 1. The zero-order chi connectivity index (χ0) is 14.4. The van der Waals surface area contributed by atoms with E-state index >= 15 is 0 Å². The molecule has 21 heavy (non-hydrogen) atoms. The Balaban J connectivity index is 0.00000161. The Morgan fingerprint density at radius 2 is 1.90 bits per heavy atom. The molecule has 6 nitrogen and oxygen atoms in total. The molecular formula is C13H20ClN5OS. The molecule has 3 rings (SSSR count). The predicted octanol–water partition coefficient (Wildman–Crippen LogP) is 3.04. The van der Waals surface area contributed by atoms with Crippen molar-refractivity contribution >= 4 is 23.9 Å². The van der Waals surface area contributed by atoms with Crippen molar-refractivity contribution in [1.29, 1.82) is 0 Å². The van der Waals surface area contributed by atoms with Crippen LogP contribution in [0, 0.1) is 0 Å². The second-order valence-electron chi connectivity index (χ2n) is 6.49. The zero-order valence-corrected chi connectivity index (χ0v) is 14.1. The van der Waals surface area contributed by atoms with Crippen LogP contribution in [0.1, 0.15) is 58.0 Å². The number of nitrogens with zero attached hydrogens (tertiary/aromatic N) is 4. The second kappa shape index (κ2) is 5.62. The number of rotatable bonds is 2. The largest absolute Gasteiger partial charge is 0.333 e. The van der Waals surface area contributed by atoms with Crippen LogP contribution in [0.3, 0.4) is 0 Å². The summed E-state index contributed by atoms with van der Waals surface area (Å²) in [6.07, 6.45) is 4.07. The lowest BCUT2D eigenvalue weighted by molar-refractivity contribution is 0.372. The van der Waals surface area contributed by atoms with E-state index in [4.69, 9.17) is 10.3 Å². The third-order valence-corrected chi connectivity index (χ3v) is 4.47. The predicted molar refractivity (Wildman–Crippen MR) is 83.5 cm³/mol. The van der Waals surface area contributed by atoms with Crippen molar-refractivity contribution < 1.29 is 4.52 Å². The maximum absolute atomic E-state index is 6.36. The van der Waals surface area contributed by atoms with Gasteiger partial charge in [0.15, 0.2) is 5.82 Å². The maximum Gasteiger partial charge on any atom is 0.271 e. The number of hydrogen-bond acceptors (Lipinski definition) is 7. The molecule has 8 heteroatoms. The highest BCUT2D eigenvalue weighted by Crippen LogP contribution is 2.37. The fraction of sp³-hybridized carbons (Fsp3) is 0.692. The maximum atomic E-state index is 6.36. The van der Waals surface area contributed by atoms with Gasteiger partial charge in [0.1, 0.15) is 4.88 Å². The first kappa shape index (κ1) is 16.3. The van der Waals surface area contributed by atoms with Crippen LogP contribution in [0.5, 0.6) is 0 Å². The van der Waals surface area contributed by atoms with Gasteiger partial charge in [-0.25, -0.2) is 0 Å². The summed E-state index contributed by atoms with van der Waals surface area (Å²) >= 11 is 1.29. The van der Waals surface area contributed by atoms with Crippen LogP contribution in [0.2, 0.25) is 0 Å². The molecule has 1 fully saturated rings. The fourth-order valence-electron chi connectivity index (χ4n) is 2.57. The summed E-state index contributed by atoms with van der Waals surface area (Å²) in [6.45, 7) is 6.27. The fourth-order valence-corrected chi connectivity index (χ4v) is 3.37. The van der Waals surface area contributed by atoms with Crippen LogP contribution >= 0.6 is 23.9 Å². The van der Waals surface area contributed by atoms with Crippen molar-refractivity contribution in [3.05, 3.63) is 11.5 Å².